The fraction of sp³-hybridized carbons (Fsp3) is 0.533. The zero-order valence-corrected chi connectivity index (χ0v) is 12.0. The Balaban J connectivity index is 2.69. The van der Waals surface area contributed by atoms with Crippen LogP contribution in [0.2, 0.25) is 0 Å². The number of carboxylic acids is 1. The Bertz CT molecular complexity index is 420. The van der Waals surface area contributed by atoms with Crippen molar-refractivity contribution in [1.29, 1.82) is 0 Å². The van der Waals surface area contributed by atoms with E-state index in [9.17, 15) is 9.90 Å². The number of ether oxygens (including phenoxy) is 2. The molecular formula is C15H22O4. The summed E-state index contributed by atoms with van der Waals surface area (Å²) >= 11 is 0. The number of carboxylic acid groups (broad SMARTS) is 1. The van der Waals surface area contributed by atoms with Crippen molar-refractivity contribution in [2.24, 2.45) is 11.3 Å². The monoisotopic (exact) mass is 266 g/mol. The third kappa shape index (κ3) is 5.20. The van der Waals surface area contributed by atoms with Crippen LogP contribution in [0.3, 0.4) is 0 Å². The Morgan fingerprint density at radius 1 is 1.26 bits per heavy atom. The van der Waals surface area contributed by atoms with E-state index in [2.05, 4.69) is 0 Å². The molecule has 1 unspecified atom stereocenters. The van der Waals surface area contributed by atoms with Gasteiger partial charge in [0, 0.05) is 0 Å². The molecule has 0 spiro atoms. The fourth-order valence-electron chi connectivity index (χ4n) is 1.89. The third-order valence-electron chi connectivity index (χ3n) is 2.72. The topological polar surface area (TPSA) is 55.8 Å². The van der Waals surface area contributed by atoms with E-state index < -0.39 is 11.9 Å². The molecule has 0 aromatic heterocycles. The van der Waals surface area contributed by atoms with Crippen LogP contribution in [0.4, 0.5) is 0 Å². The van der Waals surface area contributed by atoms with Crippen LogP contribution >= 0.6 is 0 Å². The highest BCUT2D eigenvalue weighted by molar-refractivity contribution is 5.70. The minimum atomic E-state index is -0.829. The van der Waals surface area contributed by atoms with Crippen LogP contribution in [-0.4, -0.2) is 24.8 Å². The van der Waals surface area contributed by atoms with E-state index in [1.165, 1.54) is 0 Å². The number of hydrogen-bond donors (Lipinski definition) is 1. The molecule has 0 heterocycles. The Labute approximate surface area is 114 Å². The Morgan fingerprint density at radius 2 is 1.84 bits per heavy atom. The van der Waals surface area contributed by atoms with Gasteiger partial charge in [-0.1, -0.05) is 32.9 Å². The number of rotatable bonds is 6. The summed E-state index contributed by atoms with van der Waals surface area (Å²) in [4.78, 5) is 11.2. The van der Waals surface area contributed by atoms with Gasteiger partial charge in [0.05, 0.1) is 13.0 Å². The summed E-state index contributed by atoms with van der Waals surface area (Å²) in [6, 6.07) is 7.23. The Kier molecular flexibility index (Phi) is 5.21. The molecule has 0 fully saturated rings. The first-order chi connectivity index (χ1) is 8.83. The lowest BCUT2D eigenvalue weighted by molar-refractivity contribution is -0.143. The first kappa shape index (κ1) is 15.3. The predicted molar refractivity (Wildman–Crippen MR) is 73.7 cm³/mol. The third-order valence-corrected chi connectivity index (χ3v) is 2.72. The molecule has 1 N–H and O–H groups in total. The maximum absolute atomic E-state index is 11.2. The average molecular weight is 266 g/mol. The predicted octanol–water partition coefficient (Wildman–Crippen LogP) is 3.21. The van der Waals surface area contributed by atoms with Crippen LogP contribution in [0.5, 0.6) is 11.5 Å². The molecule has 0 radical (unpaired) electrons. The smallest absolute Gasteiger partial charge is 0.309 e. The summed E-state index contributed by atoms with van der Waals surface area (Å²) in [5, 5.41) is 9.23. The van der Waals surface area contributed by atoms with Crippen LogP contribution < -0.4 is 9.47 Å². The molecule has 0 amide bonds. The van der Waals surface area contributed by atoms with Crippen molar-refractivity contribution in [2.45, 2.75) is 27.2 Å². The summed E-state index contributed by atoms with van der Waals surface area (Å²) in [7, 11) is 1.56. The van der Waals surface area contributed by atoms with Crippen molar-refractivity contribution in [1.82, 2.24) is 0 Å². The lowest BCUT2D eigenvalue weighted by Gasteiger charge is -2.23. The van der Waals surface area contributed by atoms with Crippen molar-refractivity contribution in [2.75, 3.05) is 13.7 Å². The van der Waals surface area contributed by atoms with Crippen molar-refractivity contribution in [3.8, 4) is 11.5 Å². The molecule has 1 aromatic rings. The van der Waals surface area contributed by atoms with Gasteiger partial charge in [-0.15, -0.1) is 0 Å². The molecule has 0 aliphatic heterocycles. The van der Waals surface area contributed by atoms with Gasteiger partial charge in [-0.05, 0) is 24.0 Å². The molecule has 19 heavy (non-hydrogen) atoms. The Hall–Kier alpha value is -1.71. The second-order valence-corrected chi connectivity index (χ2v) is 5.76. The molecule has 106 valence electrons. The number of hydrogen-bond acceptors (Lipinski definition) is 3. The van der Waals surface area contributed by atoms with E-state index >= 15 is 0 Å². The lowest BCUT2D eigenvalue weighted by Crippen LogP contribution is -2.26. The van der Waals surface area contributed by atoms with Gasteiger partial charge in [0.2, 0.25) is 0 Å². The van der Waals surface area contributed by atoms with Crippen molar-refractivity contribution in [3.05, 3.63) is 24.3 Å². The number of benzene rings is 1. The molecule has 0 bridgehead atoms. The minimum Gasteiger partial charge on any atom is -0.493 e. The highest BCUT2D eigenvalue weighted by atomic mass is 16.5. The zero-order valence-electron chi connectivity index (χ0n) is 12.0. The first-order valence-corrected chi connectivity index (χ1v) is 6.32. The van der Waals surface area contributed by atoms with E-state index in [0.717, 1.165) is 0 Å². The molecule has 1 atom stereocenters. The molecule has 0 saturated heterocycles. The fourth-order valence-corrected chi connectivity index (χ4v) is 1.89. The van der Waals surface area contributed by atoms with Crippen LogP contribution in [0.25, 0.3) is 0 Å². The average Bonchev–Trinajstić information content (AvgIpc) is 2.33. The van der Waals surface area contributed by atoms with Crippen LogP contribution in [0.15, 0.2) is 24.3 Å². The second kappa shape index (κ2) is 6.45. The van der Waals surface area contributed by atoms with Gasteiger partial charge in [0.1, 0.15) is 6.61 Å². The molecular weight excluding hydrogens is 244 g/mol. The highest BCUT2D eigenvalue weighted by Gasteiger charge is 2.25. The van der Waals surface area contributed by atoms with E-state index in [1.54, 1.807) is 19.2 Å². The maximum atomic E-state index is 11.2. The van der Waals surface area contributed by atoms with Crippen LogP contribution in [0.1, 0.15) is 27.2 Å². The summed E-state index contributed by atoms with van der Waals surface area (Å²) in [5.41, 5.74) is -0.0484. The molecule has 4 heteroatoms. The Morgan fingerprint density at radius 3 is 2.32 bits per heavy atom. The van der Waals surface area contributed by atoms with E-state index in [1.807, 2.05) is 32.9 Å². The minimum absolute atomic E-state index is 0.0484. The van der Waals surface area contributed by atoms with Crippen LogP contribution in [-0.2, 0) is 4.79 Å². The summed E-state index contributed by atoms with van der Waals surface area (Å²) in [6.07, 6.45) is 0.567. The zero-order chi connectivity index (χ0) is 14.5. The maximum Gasteiger partial charge on any atom is 0.309 e. The van der Waals surface area contributed by atoms with Crippen LogP contribution in [0, 0.1) is 11.3 Å². The van der Waals surface area contributed by atoms with Gasteiger partial charge in [0.25, 0.3) is 0 Å². The molecule has 0 saturated carbocycles. The van der Waals surface area contributed by atoms with Gasteiger partial charge in [-0.2, -0.15) is 0 Å². The molecule has 0 aliphatic rings. The van der Waals surface area contributed by atoms with Gasteiger partial charge in [-0.25, -0.2) is 0 Å². The van der Waals surface area contributed by atoms with E-state index in [0.29, 0.717) is 17.9 Å². The van der Waals surface area contributed by atoms with Crippen molar-refractivity contribution < 1.29 is 19.4 Å². The first-order valence-electron chi connectivity index (χ1n) is 6.32. The normalized spacial score (nSPS) is 12.8. The summed E-state index contributed by atoms with van der Waals surface area (Å²) in [5.74, 6) is -0.165. The molecule has 4 nitrogen and oxygen atoms in total. The molecule has 0 aliphatic carbocycles. The van der Waals surface area contributed by atoms with Crippen molar-refractivity contribution >= 4 is 5.97 Å². The number of carbonyl (C=O) groups is 1. The van der Waals surface area contributed by atoms with Crippen molar-refractivity contribution in [3.63, 3.8) is 0 Å². The van der Waals surface area contributed by atoms with E-state index in [-0.39, 0.29) is 12.0 Å². The SMILES string of the molecule is COc1ccccc1OCC(CC(C)(C)C)C(=O)O. The van der Waals surface area contributed by atoms with E-state index in [4.69, 9.17) is 9.47 Å². The molecule has 1 aromatic carbocycles. The standard InChI is InChI=1S/C15H22O4/c1-15(2,3)9-11(14(16)17)10-19-13-8-6-5-7-12(13)18-4/h5-8,11H,9-10H2,1-4H3,(H,16,17). The van der Waals surface area contributed by atoms with Gasteiger partial charge in [0.15, 0.2) is 11.5 Å². The molecule has 1 rings (SSSR count). The van der Waals surface area contributed by atoms with Gasteiger partial charge in [-0.3, -0.25) is 4.79 Å². The number of methoxy groups -OCH3 is 1. The lowest BCUT2D eigenvalue weighted by atomic mass is 9.85. The van der Waals surface area contributed by atoms with Gasteiger partial charge >= 0.3 is 5.97 Å². The summed E-state index contributed by atoms with van der Waals surface area (Å²) < 4.78 is 10.8. The number of aliphatic carboxylic acids is 1. The second-order valence-electron chi connectivity index (χ2n) is 5.76. The number of para-hydroxylation sites is 2. The van der Waals surface area contributed by atoms with Gasteiger partial charge < -0.3 is 14.6 Å². The highest BCUT2D eigenvalue weighted by Crippen LogP contribution is 2.29. The largest absolute Gasteiger partial charge is 0.493 e. The summed E-state index contributed by atoms with van der Waals surface area (Å²) in [6.45, 7) is 6.21. The quantitative estimate of drug-likeness (QED) is 0.859.